The highest BCUT2D eigenvalue weighted by atomic mass is 15.0. The average Bonchev–Trinajstić information content (AvgIpc) is 3.63. The lowest BCUT2D eigenvalue weighted by Crippen LogP contribution is -1.97. The molecule has 0 aliphatic rings. The lowest BCUT2D eigenvalue weighted by Gasteiger charge is -2.18. The van der Waals surface area contributed by atoms with Crippen LogP contribution in [0.3, 0.4) is 0 Å². The first-order valence-corrected chi connectivity index (χ1v) is 19.6. The molecule has 0 amide bonds. The SMILES string of the molecule is c1ccc(-n2c3ccccc3c3ccc4c5ccccc5nc(-c5ccc(-c6c7ccccc7c(-c7ccc8ccccc8c7)c7ccccc67)cc5)c4c32)cc1. The third-order valence-corrected chi connectivity index (χ3v) is 11.9. The standard InChI is InChI=1S/C55H34N2/c1-2-16-40(17-3-1)57-50-25-13-11-19-42(50)48-33-32-47-41-18-10-12-24-49(41)56-54(53(47)55(48)57)37-29-27-36(28-30-37)51-43-20-6-8-22-45(43)52(46-23-9-7-21-44(46)51)39-31-26-35-14-4-5-15-38(35)34-39/h1-34H. The maximum atomic E-state index is 5.48. The van der Waals surface area contributed by atoms with E-state index in [1.165, 1.54) is 81.8 Å². The maximum absolute atomic E-state index is 5.48. The van der Waals surface area contributed by atoms with Gasteiger partial charge in [-0.3, -0.25) is 0 Å². The number of fused-ring (bicyclic) bond motifs is 10. The average molecular weight is 723 g/mol. The Kier molecular flexibility index (Phi) is 6.96. The van der Waals surface area contributed by atoms with Crippen molar-refractivity contribution in [2.24, 2.45) is 0 Å². The highest BCUT2D eigenvalue weighted by Crippen LogP contribution is 2.46. The molecule has 12 aromatic rings. The van der Waals surface area contributed by atoms with Crippen LogP contribution in [0.1, 0.15) is 0 Å². The highest BCUT2D eigenvalue weighted by Gasteiger charge is 2.21. The molecule has 2 heterocycles. The second kappa shape index (κ2) is 12.5. The Balaban J connectivity index is 1.11. The van der Waals surface area contributed by atoms with Gasteiger partial charge in [-0.25, -0.2) is 4.98 Å². The molecule has 0 saturated heterocycles. The Morgan fingerprint density at radius 1 is 0.333 bits per heavy atom. The minimum absolute atomic E-state index is 0.988. The van der Waals surface area contributed by atoms with Crippen molar-refractivity contribution in [1.29, 1.82) is 0 Å². The van der Waals surface area contributed by atoms with E-state index in [9.17, 15) is 0 Å². The molecular formula is C55H34N2. The van der Waals surface area contributed by atoms with E-state index in [2.05, 4.69) is 211 Å². The summed E-state index contributed by atoms with van der Waals surface area (Å²) in [6, 6.07) is 75.1. The first-order chi connectivity index (χ1) is 28.3. The van der Waals surface area contributed by atoms with Gasteiger partial charge in [0.2, 0.25) is 0 Å². The summed E-state index contributed by atoms with van der Waals surface area (Å²) in [6.07, 6.45) is 0. The van der Waals surface area contributed by atoms with Crippen LogP contribution < -0.4 is 0 Å². The Bertz CT molecular complexity index is 3500. The first kappa shape index (κ1) is 31.8. The van der Waals surface area contributed by atoms with E-state index in [0.717, 1.165) is 33.2 Å². The fraction of sp³-hybridized carbons (Fsp3) is 0. The van der Waals surface area contributed by atoms with Crippen LogP contribution in [0, 0.1) is 0 Å². The molecule has 2 nitrogen and oxygen atoms in total. The predicted octanol–water partition coefficient (Wildman–Crippen LogP) is 14.9. The van der Waals surface area contributed by atoms with Gasteiger partial charge in [-0.1, -0.05) is 176 Å². The summed E-state index contributed by atoms with van der Waals surface area (Å²) in [5.74, 6) is 0. The van der Waals surface area contributed by atoms with Crippen molar-refractivity contribution in [3.05, 3.63) is 206 Å². The van der Waals surface area contributed by atoms with E-state index in [-0.39, 0.29) is 0 Å². The van der Waals surface area contributed by atoms with Gasteiger partial charge in [-0.15, -0.1) is 0 Å². The molecule has 2 aromatic heterocycles. The summed E-state index contributed by atoms with van der Waals surface area (Å²) >= 11 is 0. The van der Waals surface area contributed by atoms with Crippen molar-refractivity contribution in [2.75, 3.05) is 0 Å². The zero-order valence-corrected chi connectivity index (χ0v) is 31.0. The zero-order chi connectivity index (χ0) is 37.5. The van der Waals surface area contributed by atoms with Crippen LogP contribution in [0.2, 0.25) is 0 Å². The molecule has 0 aliphatic carbocycles. The Morgan fingerprint density at radius 2 is 0.860 bits per heavy atom. The summed E-state index contributed by atoms with van der Waals surface area (Å²) in [6.45, 7) is 0. The van der Waals surface area contributed by atoms with Crippen LogP contribution in [0.4, 0.5) is 0 Å². The summed E-state index contributed by atoms with van der Waals surface area (Å²) < 4.78 is 2.43. The number of hydrogen-bond acceptors (Lipinski definition) is 1. The molecule has 0 radical (unpaired) electrons. The molecule has 12 rings (SSSR count). The summed E-state index contributed by atoms with van der Waals surface area (Å²) in [4.78, 5) is 5.48. The molecule has 0 saturated carbocycles. The molecule has 0 bridgehead atoms. The van der Waals surface area contributed by atoms with Gasteiger partial charge in [0.25, 0.3) is 0 Å². The van der Waals surface area contributed by atoms with Gasteiger partial charge in [-0.2, -0.15) is 0 Å². The number of rotatable bonds is 4. The minimum atomic E-state index is 0.988. The molecule has 10 aromatic carbocycles. The Morgan fingerprint density at radius 3 is 1.58 bits per heavy atom. The molecular weight excluding hydrogens is 689 g/mol. The highest BCUT2D eigenvalue weighted by molar-refractivity contribution is 6.26. The minimum Gasteiger partial charge on any atom is -0.309 e. The number of nitrogens with zero attached hydrogens (tertiary/aromatic N) is 2. The largest absolute Gasteiger partial charge is 0.309 e. The van der Waals surface area contributed by atoms with E-state index in [1.807, 2.05) is 0 Å². The fourth-order valence-electron chi connectivity index (χ4n) is 9.44. The van der Waals surface area contributed by atoms with Crippen molar-refractivity contribution in [3.8, 4) is 39.2 Å². The van der Waals surface area contributed by atoms with Gasteiger partial charge < -0.3 is 4.57 Å². The van der Waals surface area contributed by atoms with Crippen LogP contribution in [-0.2, 0) is 0 Å². The van der Waals surface area contributed by atoms with Gasteiger partial charge in [0.1, 0.15) is 0 Å². The number of benzene rings is 10. The van der Waals surface area contributed by atoms with Crippen molar-refractivity contribution in [1.82, 2.24) is 9.55 Å². The number of hydrogen-bond donors (Lipinski definition) is 0. The third kappa shape index (κ3) is 4.81. The van der Waals surface area contributed by atoms with Gasteiger partial charge in [-0.05, 0) is 90.3 Å². The molecule has 0 aliphatic heterocycles. The Hall–Kier alpha value is -7.55. The van der Waals surface area contributed by atoms with E-state index >= 15 is 0 Å². The quantitative estimate of drug-likeness (QED) is 0.131. The van der Waals surface area contributed by atoms with Crippen LogP contribution in [0.5, 0.6) is 0 Å². The van der Waals surface area contributed by atoms with Crippen molar-refractivity contribution in [2.45, 2.75) is 0 Å². The number of para-hydroxylation sites is 3. The van der Waals surface area contributed by atoms with Gasteiger partial charge in [0.05, 0.1) is 22.2 Å². The number of aromatic nitrogens is 2. The van der Waals surface area contributed by atoms with Crippen LogP contribution in [0.15, 0.2) is 206 Å². The van der Waals surface area contributed by atoms with Gasteiger partial charge in [0, 0.05) is 32.8 Å². The van der Waals surface area contributed by atoms with Crippen molar-refractivity contribution >= 4 is 75.8 Å². The van der Waals surface area contributed by atoms with Gasteiger partial charge in [0.15, 0.2) is 0 Å². The molecule has 0 unspecified atom stereocenters. The van der Waals surface area contributed by atoms with Crippen LogP contribution in [0.25, 0.3) is 115 Å². The fourth-order valence-corrected chi connectivity index (χ4v) is 9.44. The predicted molar refractivity (Wildman–Crippen MR) is 242 cm³/mol. The monoisotopic (exact) mass is 722 g/mol. The van der Waals surface area contributed by atoms with Crippen molar-refractivity contribution in [3.63, 3.8) is 0 Å². The summed E-state index contributed by atoms with van der Waals surface area (Å²) in [5, 5.41) is 13.5. The molecule has 0 atom stereocenters. The first-order valence-electron chi connectivity index (χ1n) is 19.6. The molecule has 0 spiro atoms. The lowest BCUT2D eigenvalue weighted by molar-refractivity contribution is 1.19. The summed E-state index contributed by atoms with van der Waals surface area (Å²) in [5.41, 5.74) is 11.5. The van der Waals surface area contributed by atoms with Crippen molar-refractivity contribution < 1.29 is 0 Å². The molecule has 2 heteroatoms. The third-order valence-electron chi connectivity index (χ3n) is 11.9. The van der Waals surface area contributed by atoms with Gasteiger partial charge >= 0.3 is 0 Å². The van der Waals surface area contributed by atoms with E-state index in [1.54, 1.807) is 0 Å². The lowest BCUT2D eigenvalue weighted by atomic mass is 9.85. The van der Waals surface area contributed by atoms with Crippen LogP contribution >= 0.6 is 0 Å². The van der Waals surface area contributed by atoms with E-state index in [4.69, 9.17) is 4.98 Å². The Labute approximate surface area is 329 Å². The second-order valence-corrected chi connectivity index (χ2v) is 15.0. The van der Waals surface area contributed by atoms with E-state index < -0.39 is 0 Å². The molecule has 57 heavy (non-hydrogen) atoms. The van der Waals surface area contributed by atoms with E-state index in [0.29, 0.717) is 0 Å². The van der Waals surface area contributed by atoms with Crippen LogP contribution in [-0.4, -0.2) is 9.55 Å². The zero-order valence-electron chi connectivity index (χ0n) is 31.0. The molecule has 0 fully saturated rings. The second-order valence-electron chi connectivity index (χ2n) is 15.0. The molecule has 0 N–H and O–H groups in total. The molecule has 264 valence electrons. The topological polar surface area (TPSA) is 17.8 Å². The summed E-state index contributed by atoms with van der Waals surface area (Å²) in [7, 11) is 0. The number of pyridine rings is 1. The maximum Gasteiger partial charge on any atom is 0.0809 e. The normalized spacial score (nSPS) is 11.9. The smallest absolute Gasteiger partial charge is 0.0809 e.